The lowest BCUT2D eigenvalue weighted by Crippen LogP contribution is -2.41. The van der Waals surface area contributed by atoms with Crippen LogP contribution in [-0.4, -0.2) is 23.3 Å². The normalized spacial score (nSPS) is 21.2. The van der Waals surface area contributed by atoms with Crippen LogP contribution in [0.4, 0.5) is 0 Å². The highest BCUT2D eigenvalue weighted by Crippen LogP contribution is 2.37. The standard InChI is InChI=1S/C15H20BNO2/c1-10-13(11-8-6-7-9-12(11)17-10)16-18-14(2,3)15(4,5)19-16/h6-9,17H,1-5H3. The fourth-order valence-electron chi connectivity index (χ4n) is 2.56. The number of nitrogens with one attached hydrogen (secondary N) is 1. The molecule has 1 aromatic carbocycles. The van der Waals surface area contributed by atoms with E-state index in [0.717, 1.165) is 16.7 Å². The number of hydrogen-bond acceptors (Lipinski definition) is 2. The van der Waals surface area contributed by atoms with E-state index in [1.807, 2.05) is 12.1 Å². The molecule has 3 nitrogen and oxygen atoms in total. The van der Waals surface area contributed by atoms with Crippen LogP contribution in [0.2, 0.25) is 0 Å². The highest BCUT2D eigenvalue weighted by atomic mass is 16.7. The molecule has 0 atom stereocenters. The molecule has 1 aliphatic heterocycles. The lowest BCUT2D eigenvalue weighted by Gasteiger charge is -2.32. The van der Waals surface area contributed by atoms with Crippen LogP contribution < -0.4 is 5.46 Å². The predicted octanol–water partition coefficient (Wildman–Crippen LogP) is 2.78. The first kappa shape index (κ1) is 12.8. The van der Waals surface area contributed by atoms with Gasteiger partial charge in [0.1, 0.15) is 0 Å². The number of hydrogen-bond donors (Lipinski definition) is 1. The van der Waals surface area contributed by atoms with Crippen molar-refractivity contribution in [3.05, 3.63) is 30.0 Å². The van der Waals surface area contributed by atoms with E-state index in [-0.39, 0.29) is 18.3 Å². The minimum Gasteiger partial charge on any atom is -0.399 e. The van der Waals surface area contributed by atoms with Gasteiger partial charge in [-0.05, 0) is 46.1 Å². The zero-order valence-electron chi connectivity index (χ0n) is 12.2. The molecule has 19 heavy (non-hydrogen) atoms. The summed E-state index contributed by atoms with van der Waals surface area (Å²) in [6.45, 7) is 10.4. The second-order valence-electron chi connectivity index (χ2n) is 6.30. The molecular weight excluding hydrogens is 237 g/mol. The number of H-pyrrole nitrogens is 1. The lowest BCUT2D eigenvalue weighted by molar-refractivity contribution is 0.00578. The van der Waals surface area contributed by atoms with Gasteiger partial charge in [-0.2, -0.15) is 0 Å². The van der Waals surface area contributed by atoms with Gasteiger partial charge in [0.05, 0.1) is 11.2 Å². The topological polar surface area (TPSA) is 34.2 Å². The van der Waals surface area contributed by atoms with Gasteiger partial charge in [0, 0.05) is 16.7 Å². The zero-order chi connectivity index (χ0) is 13.8. The number of para-hydroxylation sites is 1. The molecule has 0 radical (unpaired) electrons. The van der Waals surface area contributed by atoms with Gasteiger partial charge in [-0.3, -0.25) is 0 Å². The number of benzene rings is 1. The molecular formula is C15H20BNO2. The molecule has 0 spiro atoms. The molecule has 4 heteroatoms. The maximum atomic E-state index is 6.16. The van der Waals surface area contributed by atoms with E-state index in [1.165, 1.54) is 5.39 Å². The van der Waals surface area contributed by atoms with E-state index in [2.05, 4.69) is 51.7 Å². The van der Waals surface area contributed by atoms with Crippen LogP contribution in [-0.2, 0) is 9.31 Å². The maximum Gasteiger partial charge on any atom is 0.497 e. The molecule has 0 amide bonds. The van der Waals surface area contributed by atoms with Crippen molar-refractivity contribution in [2.75, 3.05) is 0 Å². The SMILES string of the molecule is Cc1[nH]c2ccccc2c1B1OC(C)(C)C(C)(C)O1. The Morgan fingerprint density at radius 1 is 1.00 bits per heavy atom. The van der Waals surface area contributed by atoms with Gasteiger partial charge >= 0.3 is 7.12 Å². The van der Waals surface area contributed by atoms with Crippen LogP contribution >= 0.6 is 0 Å². The van der Waals surface area contributed by atoms with Crippen molar-refractivity contribution in [2.24, 2.45) is 0 Å². The molecule has 1 N–H and O–H groups in total. The van der Waals surface area contributed by atoms with Crippen LogP contribution in [0.5, 0.6) is 0 Å². The zero-order valence-corrected chi connectivity index (χ0v) is 12.2. The first-order chi connectivity index (χ1) is 8.82. The van der Waals surface area contributed by atoms with Crippen molar-refractivity contribution in [1.82, 2.24) is 4.98 Å². The molecule has 3 rings (SSSR count). The summed E-state index contributed by atoms with van der Waals surface area (Å²) >= 11 is 0. The molecule has 1 fully saturated rings. The Bertz CT molecular complexity index is 614. The third-order valence-electron chi connectivity index (χ3n) is 4.43. The van der Waals surface area contributed by atoms with E-state index >= 15 is 0 Å². The summed E-state index contributed by atoms with van der Waals surface area (Å²) in [7, 11) is -0.304. The number of aromatic nitrogens is 1. The molecule has 1 aliphatic rings. The van der Waals surface area contributed by atoms with Gasteiger partial charge in [-0.15, -0.1) is 0 Å². The minimum atomic E-state index is -0.304. The monoisotopic (exact) mass is 257 g/mol. The average molecular weight is 257 g/mol. The Morgan fingerprint density at radius 2 is 1.58 bits per heavy atom. The second kappa shape index (κ2) is 3.87. The van der Waals surface area contributed by atoms with Crippen molar-refractivity contribution in [1.29, 1.82) is 0 Å². The average Bonchev–Trinajstić information content (AvgIpc) is 2.72. The molecule has 100 valence electrons. The van der Waals surface area contributed by atoms with Gasteiger partial charge in [0.25, 0.3) is 0 Å². The van der Waals surface area contributed by atoms with Crippen LogP contribution in [0.1, 0.15) is 33.4 Å². The summed E-state index contributed by atoms with van der Waals surface area (Å²) < 4.78 is 12.3. The second-order valence-corrected chi connectivity index (χ2v) is 6.30. The van der Waals surface area contributed by atoms with Crippen LogP contribution in [0.25, 0.3) is 10.9 Å². The van der Waals surface area contributed by atoms with Crippen LogP contribution in [0.3, 0.4) is 0 Å². The molecule has 2 aromatic rings. The van der Waals surface area contributed by atoms with Crippen LogP contribution in [0, 0.1) is 6.92 Å². The first-order valence-corrected chi connectivity index (χ1v) is 6.75. The van der Waals surface area contributed by atoms with Crippen molar-refractivity contribution >= 4 is 23.5 Å². The van der Waals surface area contributed by atoms with Crippen molar-refractivity contribution in [3.63, 3.8) is 0 Å². The molecule has 0 saturated carbocycles. The van der Waals surface area contributed by atoms with E-state index in [1.54, 1.807) is 0 Å². The summed E-state index contributed by atoms with van der Waals surface area (Å²) in [5.41, 5.74) is 2.75. The van der Waals surface area contributed by atoms with Gasteiger partial charge < -0.3 is 14.3 Å². The number of fused-ring (bicyclic) bond motifs is 1. The quantitative estimate of drug-likeness (QED) is 0.797. The van der Waals surface area contributed by atoms with Gasteiger partial charge in [-0.25, -0.2) is 0 Å². The Morgan fingerprint density at radius 3 is 2.21 bits per heavy atom. The van der Waals surface area contributed by atoms with Crippen molar-refractivity contribution in [3.8, 4) is 0 Å². The highest BCUT2D eigenvalue weighted by Gasteiger charge is 2.52. The smallest absolute Gasteiger partial charge is 0.399 e. The summed E-state index contributed by atoms with van der Waals surface area (Å²) in [4.78, 5) is 3.40. The Hall–Kier alpha value is -1.26. The minimum absolute atomic E-state index is 0.303. The van der Waals surface area contributed by atoms with E-state index < -0.39 is 0 Å². The fourth-order valence-corrected chi connectivity index (χ4v) is 2.56. The van der Waals surface area contributed by atoms with Gasteiger partial charge in [-0.1, -0.05) is 18.2 Å². The fraction of sp³-hybridized carbons (Fsp3) is 0.467. The number of aryl methyl sites for hydroxylation is 1. The van der Waals surface area contributed by atoms with Gasteiger partial charge in [0.15, 0.2) is 0 Å². The summed E-state index contributed by atoms with van der Waals surface area (Å²) in [6, 6.07) is 8.27. The maximum absolute atomic E-state index is 6.16. The third kappa shape index (κ3) is 1.82. The first-order valence-electron chi connectivity index (χ1n) is 6.75. The summed E-state index contributed by atoms with van der Waals surface area (Å²) in [5, 5.41) is 1.18. The van der Waals surface area contributed by atoms with Gasteiger partial charge in [0.2, 0.25) is 0 Å². The Balaban J connectivity index is 2.10. The Kier molecular flexibility index (Phi) is 2.60. The number of rotatable bonds is 1. The molecule has 2 heterocycles. The van der Waals surface area contributed by atoms with Crippen molar-refractivity contribution in [2.45, 2.75) is 45.8 Å². The largest absolute Gasteiger partial charge is 0.497 e. The van der Waals surface area contributed by atoms with E-state index in [0.29, 0.717) is 0 Å². The summed E-state index contributed by atoms with van der Waals surface area (Å²) in [5.74, 6) is 0. The molecule has 0 aliphatic carbocycles. The van der Waals surface area contributed by atoms with Crippen molar-refractivity contribution < 1.29 is 9.31 Å². The third-order valence-corrected chi connectivity index (χ3v) is 4.43. The number of aromatic amines is 1. The predicted molar refractivity (Wildman–Crippen MR) is 78.8 cm³/mol. The van der Waals surface area contributed by atoms with E-state index in [9.17, 15) is 0 Å². The molecule has 1 saturated heterocycles. The van der Waals surface area contributed by atoms with Crippen LogP contribution in [0.15, 0.2) is 24.3 Å². The highest BCUT2D eigenvalue weighted by molar-refractivity contribution is 6.65. The Labute approximate surface area is 114 Å². The molecule has 0 unspecified atom stereocenters. The molecule has 1 aromatic heterocycles. The lowest BCUT2D eigenvalue weighted by atomic mass is 9.77. The van der Waals surface area contributed by atoms with E-state index in [4.69, 9.17) is 9.31 Å². The molecule has 0 bridgehead atoms. The summed E-state index contributed by atoms with van der Waals surface area (Å²) in [6.07, 6.45) is 0.